The van der Waals surface area contributed by atoms with Crippen molar-refractivity contribution in [2.45, 2.75) is 32.7 Å². The molecule has 0 amide bonds. The van der Waals surface area contributed by atoms with E-state index in [9.17, 15) is 0 Å². The number of halogens is 2. The zero-order valence-corrected chi connectivity index (χ0v) is 12.4. The molecule has 0 radical (unpaired) electrons. The van der Waals surface area contributed by atoms with Crippen LogP contribution in [0.3, 0.4) is 0 Å². The predicted octanol–water partition coefficient (Wildman–Crippen LogP) is 4.66. The summed E-state index contributed by atoms with van der Waals surface area (Å²) >= 11 is 7.05. The zero-order chi connectivity index (χ0) is 11.3. The van der Waals surface area contributed by atoms with Crippen molar-refractivity contribution in [3.8, 4) is 0 Å². The van der Waals surface area contributed by atoms with Crippen molar-refractivity contribution in [1.82, 2.24) is 5.32 Å². The quantitative estimate of drug-likeness (QED) is 0.825. The summed E-state index contributed by atoms with van der Waals surface area (Å²) in [5.41, 5.74) is 1.35. The Labute approximate surface area is 109 Å². The van der Waals surface area contributed by atoms with Crippen LogP contribution in [0.1, 0.15) is 38.3 Å². The highest BCUT2D eigenvalue weighted by atomic mass is 79.9. The molecule has 1 N–H and O–H groups in total. The van der Waals surface area contributed by atoms with Gasteiger partial charge in [0, 0.05) is 15.0 Å². The van der Waals surface area contributed by atoms with Crippen LogP contribution in [0.15, 0.2) is 27.1 Å². The van der Waals surface area contributed by atoms with Gasteiger partial charge < -0.3 is 5.32 Å². The summed E-state index contributed by atoms with van der Waals surface area (Å²) in [5, 5.41) is 3.51. The van der Waals surface area contributed by atoms with E-state index in [0.717, 1.165) is 15.5 Å². The van der Waals surface area contributed by atoms with Crippen molar-refractivity contribution < 1.29 is 0 Å². The van der Waals surface area contributed by atoms with Gasteiger partial charge in [0.2, 0.25) is 0 Å². The summed E-state index contributed by atoms with van der Waals surface area (Å²) in [6.07, 6.45) is 2.37. The Morgan fingerprint density at radius 2 is 1.73 bits per heavy atom. The Bertz CT molecular complexity index is 286. The van der Waals surface area contributed by atoms with E-state index in [1.54, 1.807) is 0 Å². The highest BCUT2D eigenvalue weighted by Gasteiger charge is 2.10. The molecule has 3 heteroatoms. The van der Waals surface area contributed by atoms with Gasteiger partial charge in [-0.1, -0.05) is 52.1 Å². The van der Waals surface area contributed by atoms with E-state index in [0.29, 0.717) is 6.04 Å². The maximum absolute atomic E-state index is 3.53. The lowest BCUT2D eigenvalue weighted by Crippen LogP contribution is -2.20. The summed E-state index contributed by atoms with van der Waals surface area (Å²) in [6.45, 7) is 5.38. The van der Waals surface area contributed by atoms with Crippen LogP contribution in [0, 0.1) is 0 Å². The molecule has 0 saturated carbocycles. The molecule has 1 aromatic carbocycles. The van der Waals surface area contributed by atoms with Crippen LogP contribution in [0.4, 0.5) is 0 Å². The van der Waals surface area contributed by atoms with Gasteiger partial charge >= 0.3 is 0 Å². The molecule has 0 heterocycles. The van der Waals surface area contributed by atoms with Crippen molar-refractivity contribution in [2.75, 3.05) is 6.54 Å². The molecule has 1 unspecified atom stereocenters. The average Bonchev–Trinajstić information content (AvgIpc) is 2.16. The van der Waals surface area contributed by atoms with Gasteiger partial charge in [-0.3, -0.25) is 0 Å². The van der Waals surface area contributed by atoms with Gasteiger partial charge in [0.05, 0.1) is 0 Å². The third-order valence-electron chi connectivity index (χ3n) is 2.32. The molecule has 0 spiro atoms. The molecule has 0 fully saturated rings. The molecular weight excluding hydrogens is 318 g/mol. The first-order chi connectivity index (χ1) is 7.17. The van der Waals surface area contributed by atoms with Crippen molar-refractivity contribution in [2.24, 2.45) is 0 Å². The summed E-state index contributed by atoms with van der Waals surface area (Å²) < 4.78 is 2.26. The van der Waals surface area contributed by atoms with E-state index in [4.69, 9.17) is 0 Å². The van der Waals surface area contributed by atoms with Gasteiger partial charge in [-0.25, -0.2) is 0 Å². The van der Waals surface area contributed by atoms with Crippen LogP contribution >= 0.6 is 31.9 Å². The first-order valence-electron chi connectivity index (χ1n) is 5.36. The minimum Gasteiger partial charge on any atom is -0.310 e. The monoisotopic (exact) mass is 333 g/mol. The second kappa shape index (κ2) is 6.66. The van der Waals surface area contributed by atoms with Crippen LogP contribution in [0.2, 0.25) is 0 Å². The third kappa shape index (κ3) is 4.25. The normalized spacial score (nSPS) is 12.8. The highest BCUT2D eigenvalue weighted by Crippen LogP contribution is 2.26. The second-order valence-electron chi connectivity index (χ2n) is 3.60. The van der Waals surface area contributed by atoms with Crippen LogP contribution < -0.4 is 5.32 Å². The van der Waals surface area contributed by atoms with E-state index in [1.165, 1.54) is 18.4 Å². The molecule has 1 rings (SSSR count). The number of nitrogens with one attached hydrogen (secondary N) is 1. The lowest BCUT2D eigenvalue weighted by Gasteiger charge is -2.18. The fourth-order valence-corrected chi connectivity index (χ4v) is 3.03. The summed E-state index contributed by atoms with van der Waals surface area (Å²) in [4.78, 5) is 0. The first kappa shape index (κ1) is 13.2. The fourth-order valence-electron chi connectivity index (χ4n) is 1.70. The predicted molar refractivity (Wildman–Crippen MR) is 73.2 cm³/mol. The van der Waals surface area contributed by atoms with E-state index in [2.05, 4.69) is 69.2 Å². The molecule has 1 nitrogen and oxygen atoms in total. The Morgan fingerprint density at radius 3 is 2.20 bits per heavy atom. The highest BCUT2D eigenvalue weighted by molar-refractivity contribution is 9.11. The van der Waals surface area contributed by atoms with Gasteiger partial charge in [0.15, 0.2) is 0 Å². The zero-order valence-electron chi connectivity index (χ0n) is 9.19. The van der Waals surface area contributed by atoms with Crippen molar-refractivity contribution in [3.63, 3.8) is 0 Å². The molecule has 15 heavy (non-hydrogen) atoms. The lowest BCUT2D eigenvalue weighted by atomic mass is 10.0. The Kier molecular flexibility index (Phi) is 5.87. The van der Waals surface area contributed by atoms with Crippen LogP contribution in [-0.4, -0.2) is 6.54 Å². The second-order valence-corrected chi connectivity index (χ2v) is 5.43. The number of hydrogen-bond donors (Lipinski definition) is 1. The smallest absolute Gasteiger partial charge is 0.0320 e. The minimum absolute atomic E-state index is 0.466. The molecule has 1 aromatic rings. The standard InChI is InChI=1S/C12H17Br2N/c1-3-5-12(15-4-2)9-6-10(13)8-11(14)7-9/h6-8,12,15H,3-5H2,1-2H3. The maximum Gasteiger partial charge on any atom is 0.0320 e. The van der Waals surface area contributed by atoms with Crippen LogP contribution in [0.25, 0.3) is 0 Å². The van der Waals surface area contributed by atoms with Crippen molar-refractivity contribution in [3.05, 3.63) is 32.7 Å². The SMILES string of the molecule is CCCC(NCC)c1cc(Br)cc(Br)c1. The van der Waals surface area contributed by atoms with Gasteiger partial charge in [-0.2, -0.15) is 0 Å². The minimum atomic E-state index is 0.466. The number of rotatable bonds is 5. The topological polar surface area (TPSA) is 12.0 Å². The van der Waals surface area contributed by atoms with E-state index in [1.807, 2.05) is 0 Å². The molecule has 0 bridgehead atoms. The largest absolute Gasteiger partial charge is 0.310 e. The van der Waals surface area contributed by atoms with E-state index < -0.39 is 0 Å². The first-order valence-corrected chi connectivity index (χ1v) is 6.95. The van der Waals surface area contributed by atoms with Crippen molar-refractivity contribution in [1.29, 1.82) is 0 Å². The summed E-state index contributed by atoms with van der Waals surface area (Å²) in [5.74, 6) is 0. The molecule has 0 saturated heterocycles. The van der Waals surface area contributed by atoms with Gasteiger partial charge in [0.1, 0.15) is 0 Å². The third-order valence-corrected chi connectivity index (χ3v) is 3.23. The fraction of sp³-hybridized carbons (Fsp3) is 0.500. The Morgan fingerprint density at radius 1 is 1.13 bits per heavy atom. The number of benzene rings is 1. The van der Waals surface area contributed by atoms with Crippen molar-refractivity contribution >= 4 is 31.9 Å². The van der Waals surface area contributed by atoms with Crippen LogP contribution in [0.5, 0.6) is 0 Å². The number of hydrogen-bond acceptors (Lipinski definition) is 1. The van der Waals surface area contributed by atoms with E-state index >= 15 is 0 Å². The molecule has 0 aliphatic carbocycles. The molecule has 84 valence electrons. The van der Waals surface area contributed by atoms with Crippen LogP contribution in [-0.2, 0) is 0 Å². The van der Waals surface area contributed by atoms with Gasteiger partial charge in [0.25, 0.3) is 0 Å². The Balaban J connectivity index is 2.88. The van der Waals surface area contributed by atoms with Gasteiger partial charge in [-0.15, -0.1) is 0 Å². The molecule has 0 aliphatic rings. The summed E-state index contributed by atoms with van der Waals surface area (Å²) in [6, 6.07) is 6.91. The van der Waals surface area contributed by atoms with Gasteiger partial charge in [-0.05, 0) is 36.7 Å². The lowest BCUT2D eigenvalue weighted by molar-refractivity contribution is 0.509. The molecule has 0 aromatic heterocycles. The maximum atomic E-state index is 3.53. The summed E-state index contributed by atoms with van der Waals surface area (Å²) in [7, 11) is 0. The molecular formula is C12H17Br2N. The van der Waals surface area contributed by atoms with E-state index in [-0.39, 0.29) is 0 Å². The average molecular weight is 335 g/mol. The Hall–Kier alpha value is 0.140. The molecule has 0 aliphatic heterocycles. The molecule has 1 atom stereocenters.